The minimum Gasteiger partial charge on any atom is -0.446 e. The van der Waals surface area contributed by atoms with Gasteiger partial charge < -0.3 is 15.4 Å². The summed E-state index contributed by atoms with van der Waals surface area (Å²) in [6.45, 7) is 5.55. The van der Waals surface area contributed by atoms with Crippen LogP contribution in [0, 0.1) is 17.2 Å². The smallest absolute Gasteiger partial charge is 0.416 e. The van der Waals surface area contributed by atoms with Crippen molar-refractivity contribution in [1.29, 1.82) is 5.26 Å². The molecule has 0 bridgehead atoms. The highest BCUT2D eigenvalue weighted by Gasteiger charge is 2.34. The Kier molecular flexibility index (Phi) is 7.85. The van der Waals surface area contributed by atoms with Crippen LogP contribution in [0.4, 0.5) is 23.7 Å². The summed E-state index contributed by atoms with van der Waals surface area (Å²) >= 11 is 0. The van der Waals surface area contributed by atoms with Crippen LogP contribution in [0.5, 0.6) is 0 Å². The minimum absolute atomic E-state index is 0.0691. The molecule has 2 N–H and O–H groups in total. The fourth-order valence-corrected chi connectivity index (χ4v) is 3.62. The maximum absolute atomic E-state index is 13.2. The normalized spacial score (nSPS) is 15.5. The molecule has 1 aliphatic rings. The van der Waals surface area contributed by atoms with Crippen molar-refractivity contribution >= 4 is 17.6 Å². The summed E-state index contributed by atoms with van der Waals surface area (Å²) in [5, 5.41) is 14.8. The van der Waals surface area contributed by atoms with Gasteiger partial charge in [0.05, 0.1) is 23.2 Å². The summed E-state index contributed by atoms with van der Waals surface area (Å²) in [5.74, 6) is -0.175. The van der Waals surface area contributed by atoms with Gasteiger partial charge in [-0.3, -0.25) is 4.79 Å². The summed E-state index contributed by atoms with van der Waals surface area (Å²) in [7, 11) is 0. The number of ketones is 1. The molecule has 2 aromatic carbocycles. The minimum atomic E-state index is -4.51. The predicted molar refractivity (Wildman–Crippen MR) is 124 cm³/mol. The number of rotatable bonds is 7. The Balaban J connectivity index is 2.00. The van der Waals surface area contributed by atoms with Crippen LogP contribution in [-0.2, 0) is 15.7 Å². The van der Waals surface area contributed by atoms with Crippen LogP contribution >= 0.6 is 0 Å². The molecule has 2 aromatic rings. The Morgan fingerprint density at radius 2 is 1.77 bits per heavy atom. The standard InChI is InChI=1S/C26H26F3N3O3/c1-15(2)16(3)35-25(34)32-24(18-9-7-17(14-30)8-10-18)23-21(11-12-22(23)33)31-20-6-4-5-19(13-20)26(27,28)29/h4-10,13,15-16,24,31H,11-12H2,1-3H3,(H,32,34). The van der Waals surface area contributed by atoms with E-state index in [0.717, 1.165) is 12.1 Å². The Hall–Kier alpha value is -3.80. The molecule has 0 fully saturated rings. The number of carbonyl (C=O) groups is 2. The topological polar surface area (TPSA) is 91.2 Å². The quantitative estimate of drug-likeness (QED) is 0.493. The number of anilines is 1. The van der Waals surface area contributed by atoms with Crippen molar-refractivity contribution in [2.45, 2.75) is 51.9 Å². The van der Waals surface area contributed by atoms with Crippen LogP contribution in [0.1, 0.15) is 56.3 Å². The number of amides is 1. The molecule has 1 amide bonds. The Morgan fingerprint density at radius 1 is 1.09 bits per heavy atom. The highest BCUT2D eigenvalue weighted by molar-refractivity contribution is 6.01. The van der Waals surface area contributed by atoms with E-state index in [0.29, 0.717) is 16.8 Å². The second-order valence-corrected chi connectivity index (χ2v) is 8.68. The lowest BCUT2D eigenvalue weighted by Crippen LogP contribution is -2.35. The van der Waals surface area contributed by atoms with Gasteiger partial charge in [-0.2, -0.15) is 18.4 Å². The van der Waals surface area contributed by atoms with E-state index in [1.54, 1.807) is 31.2 Å². The van der Waals surface area contributed by atoms with E-state index < -0.39 is 23.9 Å². The molecule has 0 heterocycles. The predicted octanol–water partition coefficient (Wildman–Crippen LogP) is 6.12. The van der Waals surface area contributed by atoms with Gasteiger partial charge in [0.2, 0.25) is 0 Å². The van der Waals surface area contributed by atoms with Crippen molar-refractivity contribution in [3.63, 3.8) is 0 Å². The van der Waals surface area contributed by atoms with Gasteiger partial charge in [0.1, 0.15) is 6.10 Å². The van der Waals surface area contributed by atoms with E-state index in [4.69, 9.17) is 10.00 Å². The van der Waals surface area contributed by atoms with Crippen molar-refractivity contribution < 1.29 is 27.5 Å². The van der Waals surface area contributed by atoms with Crippen molar-refractivity contribution in [1.82, 2.24) is 5.32 Å². The number of benzene rings is 2. The maximum atomic E-state index is 13.2. The lowest BCUT2D eigenvalue weighted by Gasteiger charge is -2.24. The number of carbonyl (C=O) groups excluding carboxylic acids is 2. The number of Topliss-reactive ketones (excluding diaryl/α,β-unsaturated/α-hetero) is 1. The van der Waals surface area contributed by atoms with Crippen molar-refractivity contribution in [3.05, 3.63) is 76.5 Å². The Labute approximate surface area is 201 Å². The van der Waals surface area contributed by atoms with E-state index in [1.807, 2.05) is 19.9 Å². The Bertz CT molecular complexity index is 1160. The summed E-state index contributed by atoms with van der Waals surface area (Å²) in [5.41, 5.74) is 0.949. The second-order valence-electron chi connectivity index (χ2n) is 8.68. The third kappa shape index (κ3) is 6.41. The largest absolute Gasteiger partial charge is 0.446 e. The first-order valence-electron chi connectivity index (χ1n) is 11.2. The molecule has 2 unspecified atom stereocenters. The average Bonchev–Trinajstić information content (AvgIpc) is 3.16. The number of hydrogen-bond acceptors (Lipinski definition) is 5. The number of alkyl halides is 3. The molecule has 6 nitrogen and oxygen atoms in total. The number of halogens is 3. The first-order chi connectivity index (χ1) is 16.5. The van der Waals surface area contributed by atoms with E-state index in [1.165, 1.54) is 12.1 Å². The van der Waals surface area contributed by atoms with Crippen LogP contribution in [0.2, 0.25) is 0 Å². The van der Waals surface area contributed by atoms with Gasteiger partial charge in [-0.25, -0.2) is 4.79 Å². The number of allylic oxidation sites excluding steroid dienone is 1. The molecule has 0 aliphatic heterocycles. The number of hydrogen-bond donors (Lipinski definition) is 2. The summed E-state index contributed by atoms with van der Waals surface area (Å²) in [6, 6.07) is 12.2. The average molecular weight is 486 g/mol. The molecule has 0 saturated heterocycles. The molecule has 184 valence electrons. The Morgan fingerprint density at radius 3 is 2.37 bits per heavy atom. The number of nitrogens with one attached hydrogen (secondary N) is 2. The zero-order valence-corrected chi connectivity index (χ0v) is 19.6. The lowest BCUT2D eigenvalue weighted by molar-refractivity contribution is -0.137. The molecule has 0 saturated carbocycles. The van der Waals surface area contributed by atoms with E-state index in [9.17, 15) is 22.8 Å². The van der Waals surface area contributed by atoms with E-state index in [-0.39, 0.29) is 41.9 Å². The molecule has 0 radical (unpaired) electrons. The van der Waals surface area contributed by atoms with E-state index >= 15 is 0 Å². The maximum Gasteiger partial charge on any atom is 0.416 e. The number of ether oxygens (including phenoxy) is 1. The fraction of sp³-hybridized carbons (Fsp3) is 0.346. The van der Waals surface area contributed by atoms with Crippen LogP contribution < -0.4 is 10.6 Å². The zero-order valence-electron chi connectivity index (χ0n) is 19.6. The molecule has 35 heavy (non-hydrogen) atoms. The highest BCUT2D eigenvalue weighted by atomic mass is 19.4. The zero-order chi connectivity index (χ0) is 25.8. The first kappa shape index (κ1) is 25.8. The van der Waals surface area contributed by atoms with Crippen molar-refractivity contribution in [2.24, 2.45) is 5.92 Å². The second kappa shape index (κ2) is 10.6. The van der Waals surface area contributed by atoms with Crippen LogP contribution in [0.15, 0.2) is 59.8 Å². The molecule has 2 atom stereocenters. The first-order valence-corrected chi connectivity index (χ1v) is 11.2. The van der Waals surface area contributed by atoms with Gasteiger partial charge >= 0.3 is 12.3 Å². The van der Waals surface area contributed by atoms with Gasteiger partial charge in [0, 0.05) is 23.4 Å². The lowest BCUT2D eigenvalue weighted by atomic mass is 9.95. The van der Waals surface area contributed by atoms with Crippen LogP contribution in [-0.4, -0.2) is 18.0 Å². The van der Waals surface area contributed by atoms with Crippen LogP contribution in [0.25, 0.3) is 0 Å². The summed E-state index contributed by atoms with van der Waals surface area (Å²) in [6.07, 6.45) is -5.21. The van der Waals surface area contributed by atoms with Gasteiger partial charge in [-0.05, 0) is 55.2 Å². The number of nitriles is 1. The van der Waals surface area contributed by atoms with Gasteiger partial charge in [0.15, 0.2) is 5.78 Å². The molecule has 0 spiro atoms. The molecule has 1 aliphatic carbocycles. The van der Waals surface area contributed by atoms with Gasteiger partial charge in [0.25, 0.3) is 0 Å². The third-order valence-electron chi connectivity index (χ3n) is 5.87. The van der Waals surface area contributed by atoms with Crippen molar-refractivity contribution in [3.8, 4) is 6.07 Å². The highest BCUT2D eigenvalue weighted by Crippen LogP contribution is 2.36. The van der Waals surface area contributed by atoms with Gasteiger partial charge in [-0.1, -0.05) is 32.0 Å². The number of alkyl carbamates (subject to hydrolysis) is 1. The van der Waals surface area contributed by atoms with Crippen molar-refractivity contribution in [2.75, 3.05) is 5.32 Å². The monoisotopic (exact) mass is 485 g/mol. The fourth-order valence-electron chi connectivity index (χ4n) is 3.62. The van der Waals surface area contributed by atoms with E-state index in [2.05, 4.69) is 10.6 Å². The molecule has 0 aromatic heterocycles. The summed E-state index contributed by atoms with van der Waals surface area (Å²) in [4.78, 5) is 25.6. The molecule has 9 heteroatoms. The third-order valence-corrected chi connectivity index (χ3v) is 5.87. The molecular formula is C26H26F3N3O3. The summed E-state index contributed by atoms with van der Waals surface area (Å²) < 4.78 is 44.9. The van der Waals surface area contributed by atoms with Gasteiger partial charge in [-0.15, -0.1) is 0 Å². The number of nitrogens with zero attached hydrogens (tertiary/aromatic N) is 1. The molecular weight excluding hydrogens is 459 g/mol. The van der Waals surface area contributed by atoms with Crippen LogP contribution in [0.3, 0.4) is 0 Å². The SMILES string of the molecule is CC(C)C(C)OC(=O)NC(C1=C(Nc2cccc(C(F)(F)F)c2)CCC1=O)c1ccc(C#N)cc1. The molecule has 3 rings (SSSR count).